The fourth-order valence-corrected chi connectivity index (χ4v) is 2.39. The molecule has 1 aromatic carbocycles. The fourth-order valence-electron chi connectivity index (χ4n) is 2.39. The van der Waals surface area contributed by atoms with E-state index >= 15 is 0 Å². The molecular weight excluding hydrogens is 284 g/mol. The Morgan fingerprint density at radius 1 is 0.955 bits per heavy atom. The van der Waals surface area contributed by atoms with Gasteiger partial charge in [-0.05, 0) is 26.0 Å². The maximum Gasteiger partial charge on any atom is 0.334 e. The molecule has 22 heavy (non-hydrogen) atoms. The molecule has 1 saturated heterocycles. The second kappa shape index (κ2) is 5.18. The lowest BCUT2D eigenvalue weighted by Crippen LogP contribution is -2.33. The monoisotopic (exact) mass is 298 g/mol. The van der Waals surface area contributed by atoms with Gasteiger partial charge in [0.05, 0.1) is 29.0 Å². The van der Waals surface area contributed by atoms with Crippen molar-refractivity contribution in [3.8, 4) is 0 Å². The third-order valence-electron chi connectivity index (χ3n) is 3.60. The third kappa shape index (κ3) is 2.11. The highest BCUT2D eigenvalue weighted by Crippen LogP contribution is 2.18. The maximum absolute atomic E-state index is 12.1. The molecular formula is C15H14N4O3. The van der Waals surface area contributed by atoms with Gasteiger partial charge in [-0.25, -0.2) is 19.7 Å². The molecule has 0 aliphatic carbocycles. The summed E-state index contributed by atoms with van der Waals surface area (Å²) in [7, 11) is 0. The topological polar surface area (TPSA) is 83.5 Å². The summed E-state index contributed by atoms with van der Waals surface area (Å²) >= 11 is 0. The molecule has 2 heterocycles. The van der Waals surface area contributed by atoms with Crippen molar-refractivity contribution in [1.82, 2.24) is 19.8 Å². The summed E-state index contributed by atoms with van der Waals surface area (Å²) in [5, 5.41) is 0. The molecule has 0 radical (unpaired) electrons. The number of imide groups is 2. The molecule has 0 saturated carbocycles. The van der Waals surface area contributed by atoms with E-state index in [0.717, 1.165) is 15.3 Å². The zero-order valence-corrected chi connectivity index (χ0v) is 12.2. The van der Waals surface area contributed by atoms with Crippen molar-refractivity contribution in [2.24, 2.45) is 0 Å². The number of fused-ring (bicyclic) bond motifs is 1. The van der Waals surface area contributed by atoms with Gasteiger partial charge >= 0.3 is 17.8 Å². The molecule has 0 atom stereocenters. The average Bonchev–Trinajstić information content (AvgIpc) is 2.71. The summed E-state index contributed by atoms with van der Waals surface area (Å²) in [6.45, 7) is 3.53. The van der Waals surface area contributed by atoms with Crippen LogP contribution in [0.2, 0.25) is 0 Å². The largest absolute Gasteiger partial charge is 0.334 e. The van der Waals surface area contributed by atoms with Crippen LogP contribution in [0.15, 0.2) is 24.3 Å². The third-order valence-corrected chi connectivity index (χ3v) is 3.60. The van der Waals surface area contributed by atoms with E-state index in [-0.39, 0.29) is 13.1 Å². The molecule has 0 unspecified atom stereocenters. The Kier molecular flexibility index (Phi) is 3.32. The van der Waals surface area contributed by atoms with E-state index in [2.05, 4.69) is 9.97 Å². The van der Waals surface area contributed by atoms with E-state index in [9.17, 15) is 14.4 Å². The minimum atomic E-state index is -0.818. The van der Waals surface area contributed by atoms with Crippen LogP contribution in [0, 0.1) is 6.92 Å². The van der Waals surface area contributed by atoms with Gasteiger partial charge in [-0.2, -0.15) is 0 Å². The molecule has 1 fully saturated rings. The van der Waals surface area contributed by atoms with Crippen LogP contribution < -0.4 is 0 Å². The summed E-state index contributed by atoms with van der Waals surface area (Å²) in [6.07, 6.45) is 0. The number of amides is 4. The van der Waals surface area contributed by atoms with Crippen LogP contribution in [-0.2, 0) is 16.1 Å². The van der Waals surface area contributed by atoms with Crippen LogP contribution in [0.4, 0.5) is 4.79 Å². The van der Waals surface area contributed by atoms with E-state index in [0.29, 0.717) is 16.9 Å². The molecule has 2 aromatic rings. The van der Waals surface area contributed by atoms with E-state index in [1.807, 2.05) is 24.3 Å². The van der Waals surface area contributed by atoms with Gasteiger partial charge in [-0.15, -0.1) is 0 Å². The molecule has 7 nitrogen and oxygen atoms in total. The number of benzene rings is 1. The Morgan fingerprint density at radius 2 is 1.55 bits per heavy atom. The first kappa shape index (κ1) is 14.1. The summed E-state index contributed by atoms with van der Waals surface area (Å²) in [5.74, 6) is -1.61. The first-order valence-electron chi connectivity index (χ1n) is 6.92. The standard InChI is InChI=1S/C15H14N4O3/c1-3-18-13(20)14(21)19(15(18)22)8-12-9(2)16-10-6-4-5-7-11(10)17-12/h4-7H,3,8H2,1-2H3. The Hall–Kier alpha value is -2.83. The highest BCUT2D eigenvalue weighted by molar-refractivity contribution is 6.44. The van der Waals surface area contributed by atoms with E-state index in [1.54, 1.807) is 13.8 Å². The Labute approximate surface area is 126 Å². The number of carbonyl (C=O) groups is 3. The van der Waals surface area contributed by atoms with Gasteiger partial charge in [0.15, 0.2) is 0 Å². The lowest BCUT2D eigenvalue weighted by molar-refractivity contribution is -0.143. The second-order valence-corrected chi connectivity index (χ2v) is 4.97. The number of nitrogens with zero attached hydrogens (tertiary/aromatic N) is 4. The molecule has 0 spiro atoms. The normalized spacial score (nSPS) is 15.3. The summed E-state index contributed by atoms with van der Waals surface area (Å²) in [5.41, 5.74) is 2.56. The van der Waals surface area contributed by atoms with Gasteiger partial charge < -0.3 is 0 Å². The smallest absolute Gasteiger partial charge is 0.263 e. The first-order chi connectivity index (χ1) is 10.5. The summed E-state index contributed by atoms with van der Waals surface area (Å²) < 4.78 is 0. The van der Waals surface area contributed by atoms with Crippen LogP contribution in [-0.4, -0.2) is 44.2 Å². The number of hydrogen-bond acceptors (Lipinski definition) is 5. The zero-order valence-electron chi connectivity index (χ0n) is 12.2. The van der Waals surface area contributed by atoms with Crippen molar-refractivity contribution < 1.29 is 14.4 Å². The molecule has 112 valence electrons. The Bertz CT molecular complexity index is 802. The maximum atomic E-state index is 12.1. The van der Waals surface area contributed by atoms with Crippen LogP contribution in [0.1, 0.15) is 18.3 Å². The lowest BCUT2D eigenvalue weighted by Gasteiger charge is -2.15. The van der Waals surface area contributed by atoms with Crippen molar-refractivity contribution in [1.29, 1.82) is 0 Å². The number of para-hydroxylation sites is 2. The van der Waals surface area contributed by atoms with Gasteiger partial charge in [0.2, 0.25) is 0 Å². The molecule has 1 aliphatic rings. The number of aromatic nitrogens is 2. The van der Waals surface area contributed by atoms with Gasteiger partial charge in [0, 0.05) is 6.54 Å². The highest BCUT2D eigenvalue weighted by Gasteiger charge is 2.43. The van der Waals surface area contributed by atoms with Crippen molar-refractivity contribution in [2.75, 3.05) is 6.54 Å². The zero-order chi connectivity index (χ0) is 15.9. The second-order valence-electron chi connectivity index (χ2n) is 4.97. The minimum absolute atomic E-state index is 0.0520. The van der Waals surface area contributed by atoms with Crippen molar-refractivity contribution in [2.45, 2.75) is 20.4 Å². The quantitative estimate of drug-likeness (QED) is 0.629. The Balaban J connectivity index is 1.96. The fraction of sp³-hybridized carbons (Fsp3) is 0.267. The predicted octanol–water partition coefficient (Wildman–Crippen LogP) is 1.25. The minimum Gasteiger partial charge on any atom is -0.263 e. The van der Waals surface area contributed by atoms with Gasteiger partial charge in [-0.3, -0.25) is 14.5 Å². The van der Waals surface area contributed by atoms with Gasteiger partial charge in [-0.1, -0.05) is 12.1 Å². The molecule has 3 rings (SSSR count). The molecule has 4 amide bonds. The number of hydrogen-bond donors (Lipinski definition) is 0. The van der Waals surface area contributed by atoms with Gasteiger partial charge in [0.1, 0.15) is 0 Å². The van der Waals surface area contributed by atoms with Gasteiger partial charge in [0.25, 0.3) is 0 Å². The molecule has 0 N–H and O–H groups in total. The number of carbonyl (C=O) groups excluding carboxylic acids is 3. The molecule has 1 aliphatic heterocycles. The van der Waals surface area contributed by atoms with Crippen molar-refractivity contribution in [3.05, 3.63) is 35.7 Å². The van der Waals surface area contributed by atoms with Crippen LogP contribution >= 0.6 is 0 Å². The first-order valence-corrected chi connectivity index (χ1v) is 6.92. The number of likely N-dealkylation sites (N-methyl/N-ethyl adjacent to an activating group) is 1. The lowest BCUT2D eigenvalue weighted by atomic mass is 10.2. The highest BCUT2D eigenvalue weighted by atomic mass is 16.2. The summed E-state index contributed by atoms with van der Waals surface area (Å²) in [6, 6.07) is 6.74. The number of rotatable bonds is 3. The van der Waals surface area contributed by atoms with E-state index in [4.69, 9.17) is 0 Å². The van der Waals surface area contributed by atoms with Crippen LogP contribution in [0.25, 0.3) is 11.0 Å². The van der Waals surface area contributed by atoms with Crippen LogP contribution in [0.5, 0.6) is 0 Å². The van der Waals surface area contributed by atoms with E-state index < -0.39 is 17.8 Å². The number of urea groups is 1. The van der Waals surface area contributed by atoms with Crippen molar-refractivity contribution in [3.63, 3.8) is 0 Å². The Morgan fingerprint density at radius 3 is 2.14 bits per heavy atom. The number of aryl methyl sites for hydroxylation is 1. The predicted molar refractivity (Wildman–Crippen MR) is 77.6 cm³/mol. The summed E-state index contributed by atoms with van der Waals surface area (Å²) in [4.78, 5) is 46.4. The van der Waals surface area contributed by atoms with Crippen LogP contribution in [0.3, 0.4) is 0 Å². The average molecular weight is 298 g/mol. The SMILES string of the molecule is CCN1C(=O)C(=O)N(Cc2nc3ccccc3nc2C)C1=O. The molecule has 7 heteroatoms. The van der Waals surface area contributed by atoms with Crippen molar-refractivity contribution >= 4 is 28.9 Å². The van der Waals surface area contributed by atoms with E-state index in [1.165, 1.54) is 0 Å². The molecule has 1 aromatic heterocycles. The molecule has 0 bridgehead atoms.